The Hall–Kier alpha value is -2.82. The number of likely N-dealkylation sites (N-methyl/N-ethyl adjacent to an activating group) is 1. The van der Waals surface area contributed by atoms with Crippen LogP contribution in [0.5, 0.6) is 0 Å². The Kier molecular flexibility index (Phi) is 2.19. The Morgan fingerprint density at radius 2 is 1.67 bits per heavy atom. The van der Waals surface area contributed by atoms with Crippen LogP contribution in [-0.4, -0.2) is 18.9 Å². The van der Waals surface area contributed by atoms with Crippen LogP contribution in [-0.2, 0) is 10.5 Å². The van der Waals surface area contributed by atoms with Crippen molar-refractivity contribution < 1.29 is 9.59 Å². The molecule has 0 unspecified atom stereocenters. The van der Waals surface area contributed by atoms with Gasteiger partial charge in [0.05, 0.1) is 11.3 Å². The van der Waals surface area contributed by atoms with E-state index in [2.05, 4.69) is 10.6 Å². The molecule has 0 fully saturated rings. The van der Waals surface area contributed by atoms with Gasteiger partial charge in [0.15, 0.2) is 0 Å². The second kappa shape index (κ2) is 3.85. The third kappa shape index (κ3) is 1.40. The van der Waals surface area contributed by atoms with Crippen molar-refractivity contribution in [3.05, 3.63) is 59.7 Å². The lowest BCUT2D eigenvalue weighted by Gasteiger charge is -2.36. The minimum atomic E-state index is -1.21. The summed E-state index contributed by atoms with van der Waals surface area (Å²) in [6.45, 7) is 0. The molecule has 0 bridgehead atoms. The van der Waals surface area contributed by atoms with E-state index in [4.69, 9.17) is 0 Å². The summed E-state index contributed by atoms with van der Waals surface area (Å²) >= 11 is 0. The molecule has 1 atom stereocenters. The first-order valence-corrected chi connectivity index (χ1v) is 6.71. The predicted molar refractivity (Wildman–Crippen MR) is 79.1 cm³/mol. The third-order valence-corrected chi connectivity index (χ3v) is 4.09. The minimum Gasteiger partial charge on any atom is -0.350 e. The number of rotatable bonds is 0. The normalized spacial score (nSPS) is 22.6. The van der Waals surface area contributed by atoms with Crippen molar-refractivity contribution in [3.63, 3.8) is 0 Å². The van der Waals surface area contributed by atoms with Gasteiger partial charge >= 0.3 is 0 Å². The van der Waals surface area contributed by atoms with Crippen LogP contribution < -0.4 is 15.5 Å². The molecular weight excluding hydrogens is 266 g/mol. The molecule has 2 N–H and O–H groups in total. The summed E-state index contributed by atoms with van der Waals surface area (Å²) in [5, 5.41) is 6.06. The SMILES string of the molecule is CN1C(=O)[C@@]2(NC(=O)c3ccccc3N2)c2ccccc21. The largest absolute Gasteiger partial charge is 0.350 e. The molecule has 0 aliphatic carbocycles. The quantitative estimate of drug-likeness (QED) is 0.771. The number of fused-ring (bicyclic) bond motifs is 3. The summed E-state index contributed by atoms with van der Waals surface area (Å²) < 4.78 is 0. The molecule has 0 saturated carbocycles. The van der Waals surface area contributed by atoms with E-state index in [1.165, 1.54) is 0 Å². The van der Waals surface area contributed by atoms with Gasteiger partial charge < -0.3 is 15.5 Å². The number of nitrogens with one attached hydrogen (secondary N) is 2. The number of carbonyl (C=O) groups is 2. The number of anilines is 2. The van der Waals surface area contributed by atoms with E-state index in [0.29, 0.717) is 11.3 Å². The second-order valence-electron chi connectivity index (χ2n) is 5.26. The molecular formula is C16H13N3O2. The van der Waals surface area contributed by atoms with Gasteiger partial charge in [-0.15, -0.1) is 0 Å². The average Bonchev–Trinajstić information content (AvgIpc) is 2.71. The van der Waals surface area contributed by atoms with Crippen molar-refractivity contribution in [1.29, 1.82) is 0 Å². The molecule has 2 aromatic carbocycles. The van der Waals surface area contributed by atoms with Gasteiger partial charge in [-0.3, -0.25) is 9.59 Å². The molecule has 2 aliphatic heterocycles. The molecule has 2 aromatic rings. The number of benzene rings is 2. The van der Waals surface area contributed by atoms with E-state index >= 15 is 0 Å². The van der Waals surface area contributed by atoms with Crippen LogP contribution in [0.1, 0.15) is 15.9 Å². The van der Waals surface area contributed by atoms with Gasteiger partial charge in [-0.05, 0) is 18.2 Å². The fourth-order valence-electron chi connectivity index (χ4n) is 3.06. The van der Waals surface area contributed by atoms with Crippen molar-refractivity contribution in [1.82, 2.24) is 5.32 Å². The van der Waals surface area contributed by atoms with Gasteiger partial charge in [-0.1, -0.05) is 30.3 Å². The van der Waals surface area contributed by atoms with Gasteiger partial charge in [-0.25, -0.2) is 0 Å². The highest BCUT2D eigenvalue weighted by atomic mass is 16.2. The van der Waals surface area contributed by atoms with Crippen LogP contribution in [0.25, 0.3) is 0 Å². The monoisotopic (exact) mass is 279 g/mol. The molecule has 0 radical (unpaired) electrons. The Bertz CT molecular complexity index is 787. The van der Waals surface area contributed by atoms with Crippen LogP contribution in [0.15, 0.2) is 48.5 Å². The summed E-state index contributed by atoms with van der Waals surface area (Å²) in [5.74, 6) is -0.436. The second-order valence-corrected chi connectivity index (χ2v) is 5.26. The average molecular weight is 279 g/mol. The molecule has 21 heavy (non-hydrogen) atoms. The number of hydrogen-bond acceptors (Lipinski definition) is 3. The lowest BCUT2D eigenvalue weighted by atomic mass is 9.96. The van der Waals surface area contributed by atoms with Crippen LogP contribution in [0.4, 0.5) is 11.4 Å². The molecule has 2 amide bonds. The maximum atomic E-state index is 12.7. The van der Waals surface area contributed by atoms with Crippen LogP contribution in [0.2, 0.25) is 0 Å². The lowest BCUT2D eigenvalue weighted by Crippen LogP contribution is -2.60. The smallest absolute Gasteiger partial charge is 0.278 e. The van der Waals surface area contributed by atoms with Crippen molar-refractivity contribution in [2.45, 2.75) is 5.66 Å². The van der Waals surface area contributed by atoms with Crippen molar-refractivity contribution in [2.75, 3.05) is 17.3 Å². The van der Waals surface area contributed by atoms with Gasteiger partial charge in [0.2, 0.25) is 5.66 Å². The van der Waals surface area contributed by atoms with Gasteiger partial charge in [0.25, 0.3) is 11.8 Å². The summed E-state index contributed by atoms with van der Waals surface area (Å²) in [6, 6.07) is 14.7. The van der Waals surface area contributed by atoms with E-state index in [-0.39, 0.29) is 11.8 Å². The van der Waals surface area contributed by atoms with E-state index in [9.17, 15) is 9.59 Å². The topological polar surface area (TPSA) is 61.4 Å². The standard InChI is InChI=1S/C16H13N3O2/c1-19-13-9-5-3-7-11(13)16(15(19)21)17-12-8-4-2-6-10(12)14(20)18-16/h2-9,17H,1H3,(H,18,20)/t16-/m0/s1. The van der Waals surface area contributed by atoms with Gasteiger partial charge in [0.1, 0.15) is 0 Å². The predicted octanol–water partition coefficient (Wildman–Crippen LogP) is 1.67. The molecule has 1 spiro atoms. The lowest BCUT2D eigenvalue weighted by molar-refractivity contribution is -0.122. The van der Waals surface area contributed by atoms with Crippen molar-refractivity contribution >= 4 is 23.2 Å². The van der Waals surface area contributed by atoms with Gasteiger partial charge in [0, 0.05) is 18.3 Å². The molecule has 104 valence electrons. The molecule has 0 aromatic heterocycles. The fraction of sp³-hybridized carbons (Fsp3) is 0.125. The van der Waals surface area contributed by atoms with Crippen LogP contribution in [0, 0.1) is 0 Å². The number of carbonyl (C=O) groups excluding carboxylic acids is 2. The number of nitrogens with zero attached hydrogens (tertiary/aromatic N) is 1. The zero-order chi connectivity index (χ0) is 14.6. The highest BCUT2D eigenvalue weighted by Crippen LogP contribution is 2.42. The minimum absolute atomic E-state index is 0.188. The molecule has 2 heterocycles. The zero-order valence-corrected chi connectivity index (χ0v) is 11.4. The van der Waals surface area contributed by atoms with E-state index < -0.39 is 5.66 Å². The fourth-order valence-corrected chi connectivity index (χ4v) is 3.06. The van der Waals surface area contributed by atoms with Gasteiger partial charge in [-0.2, -0.15) is 0 Å². The molecule has 2 aliphatic rings. The summed E-state index contributed by atoms with van der Waals surface area (Å²) in [7, 11) is 1.71. The number of para-hydroxylation sites is 2. The number of amides is 2. The maximum Gasteiger partial charge on any atom is 0.278 e. The van der Waals surface area contributed by atoms with Crippen molar-refractivity contribution in [2.24, 2.45) is 0 Å². The third-order valence-electron chi connectivity index (χ3n) is 4.09. The van der Waals surface area contributed by atoms with E-state index in [1.54, 1.807) is 24.1 Å². The van der Waals surface area contributed by atoms with Crippen LogP contribution >= 0.6 is 0 Å². The number of hydrogen-bond donors (Lipinski definition) is 2. The Labute approximate surface area is 121 Å². The molecule has 0 saturated heterocycles. The van der Waals surface area contributed by atoms with Crippen molar-refractivity contribution in [3.8, 4) is 0 Å². The molecule has 5 heteroatoms. The Balaban J connectivity index is 1.94. The molecule has 4 rings (SSSR count). The Morgan fingerprint density at radius 1 is 0.952 bits per heavy atom. The zero-order valence-electron chi connectivity index (χ0n) is 11.4. The first-order valence-electron chi connectivity index (χ1n) is 6.71. The molecule has 5 nitrogen and oxygen atoms in total. The summed E-state index contributed by atoms with van der Waals surface area (Å²) in [5.41, 5.74) is 1.56. The maximum absolute atomic E-state index is 12.7. The Morgan fingerprint density at radius 3 is 2.52 bits per heavy atom. The first kappa shape index (κ1) is 12.0. The highest BCUT2D eigenvalue weighted by molar-refractivity contribution is 6.14. The van der Waals surface area contributed by atoms with Crippen LogP contribution in [0.3, 0.4) is 0 Å². The van der Waals surface area contributed by atoms with E-state index in [0.717, 1.165) is 11.3 Å². The van der Waals surface area contributed by atoms with E-state index in [1.807, 2.05) is 36.4 Å². The summed E-state index contributed by atoms with van der Waals surface area (Å²) in [6.07, 6.45) is 0. The highest BCUT2D eigenvalue weighted by Gasteiger charge is 2.53. The summed E-state index contributed by atoms with van der Waals surface area (Å²) in [4.78, 5) is 26.7. The first-order chi connectivity index (χ1) is 10.1.